The Hall–Kier alpha value is -7.29. The molecule has 10 aromatic rings. The largest absolute Gasteiger partial charge is 0.291 e. The lowest BCUT2D eigenvalue weighted by atomic mass is 9.92. The molecule has 0 radical (unpaired) electrons. The molecule has 254 valence electrons. The maximum atomic E-state index is 5.26. The van der Waals surface area contributed by atoms with Crippen molar-refractivity contribution in [1.82, 2.24) is 9.55 Å². The molecule has 0 amide bonds. The number of benzene rings is 9. The van der Waals surface area contributed by atoms with Crippen molar-refractivity contribution in [2.75, 3.05) is 0 Å². The molecular weight excluding hydrogens is 665 g/mol. The van der Waals surface area contributed by atoms with Crippen LogP contribution in [0.2, 0.25) is 0 Å². The molecule has 2 aliphatic rings. The fourth-order valence-corrected chi connectivity index (χ4v) is 9.24. The van der Waals surface area contributed by atoms with Gasteiger partial charge in [0.05, 0.1) is 16.7 Å². The van der Waals surface area contributed by atoms with Crippen molar-refractivity contribution in [3.63, 3.8) is 0 Å². The van der Waals surface area contributed by atoms with Crippen molar-refractivity contribution in [3.05, 3.63) is 194 Å². The van der Waals surface area contributed by atoms with Gasteiger partial charge in [-0.2, -0.15) is 0 Å². The molecular formula is C53H32N2. The number of imidazole rings is 1. The minimum absolute atomic E-state index is 0.951. The van der Waals surface area contributed by atoms with Crippen LogP contribution in [-0.2, 0) is 0 Å². The summed E-state index contributed by atoms with van der Waals surface area (Å²) in [7, 11) is 0. The first-order valence-corrected chi connectivity index (χ1v) is 19.0. The quantitative estimate of drug-likeness (QED) is 0.179. The topological polar surface area (TPSA) is 17.8 Å². The number of nitrogens with zero attached hydrogens (tertiary/aromatic N) is 2. The summed E-state index contributed by atoms with van der Waals surface area (Å²) in [5.41, 5.74) is 21.9. The van der Waals surface area contributed by atoms with Crippen molar-refractivity contribution < 1.29 is 0 Å². The Morgan fingerprint density at radius 2 is 0.800 bits per heavy atom. The van der Waals surface area contributed by atoms with Gasteiger partial charge < -0.3 is 0 Å². The zero-order valence-corrected chi connectivity index (χ0v) is 29.9. The van der Waals surface area contributed by atoms with Gasteiger partial charge in [0.1, 0.15) is 5.82 Å². The Labute approximate surface area is 319 Å². The molecule has 2 heteroatoms. The second kappa shape index (κ2) is 11.6. The summed E-state index contributed by atoms with van der Waals surface area (Å²) in [6.07, 6.45) is 0. The highest BCUT2D eigenvalue weighted by Gasteiger charge is 2.25. The van der Waals surface area contributed by atoms with Crippen LogP contribution in [0.4, 0.5) is 0 Å². The fourth-order valence-electron chi connectivity index (χ4n) is 9.24. The lowest BCUT2D eigenvalue weighted by Crippen LogP contribution is -1.99. The minimum atomic E-state index is 0.951. The predicted octanol–water partition coefficient (Wildman–Crippen LogP) is 14.1. The second-order valence-corrected chi connectivity index (χ2v) is 14.7. The summed E-state index contributed by atoms with van der Waals surface area (Å²) in [6, 6.07) is 70.9. The van der Waals surface area contributed by atoms with E-state index in [4.69, 9.17) is 4.98 Å². The van der Waals surface area contributed by atoms with Crippen LogP contribution in [-0.4, -0.2) is 9.55 Å². The standard InChI is InChI=1S/C53H32N2/c1-4-18-43-40(15-1)44-19-5-6-24-50(44)55-52-48(43)22-10-23-49(52)54-53(55)34-27-25-33(26-28-34)35-11-7-12-36(31-35)37-13-8-14-38(32-37)39-29-30-47-42-17-3-2-16-41(42)46-21-9-20-45(39)51(46)47/h1-32H. The third kappa shape index (κ3) is 4.46. The van der Waals surface area contributed by atoms with Crippen LogP contribution in [0.25, 0.3) is 117 Å². The third-order valence-electron chi connectivity index (χ3n) is 11.7. The van der Waals surface area contributed by atoms with Gasteiger partial charge in [-0.05, 0) is 102 Å². The Kier molecular flexibility index (Phi) is 6.37. The van der Waals surface area contributed by atoms with Gasteiger partial charge >= 0.3 is 0 Å². The Bertz CT molecular complexity index is 3170. The molecule has 0 atom stereocenters. The number of hydrogen-bond acceptors (Lipinski definition) is 1. The van der Waals surface area contributed by atoms with E-state index in [2.05, 4.69) is 199 Å². The lowest BCUT2D eigenvalue weighted by Gasteiger charge is -2.14. The number of para-hydroxylation sites is 2. The molecule has 0 saturated heterocycles. The summed E-state index contributed by atoms with van der Waals surface area (Å²) < 4.78 is 2.36. The number of fused-ring (bicyclic) bond motifs is 8. The molecule has 55 heavy (non-hydrogen) atoms. The first kappa shape index (κ1) is 30.2. The van der Waals surface area contributed by atoms with Gasteiger partial charge in [0.2, 0.25) is 0 Å². The van der Waals surface area contributed by atoms with E-state index in [9.17, 15) is 0 Å². The van der Waals surface area contributed by atoms with Crippen LogP contribution in [0, 0.1) is 0 Å². The van der Waals surface area contributed by atoms with E-state index < -0.39 is 0 Å². The highest BCUT2D eigenvalue weighted by molar-refractivity contribution is 6.18. The summed E-state index contributed by atoms with van der Waals surface area (Å²) in [5.74, 6) is 0.951. The number of rotatable bonds is 4. The van der Waals surface area contributed by atoms with Gasteiger partial charge in [0.25, 0.3) is 0 Å². The van der Waals surface area contributed by atoms with Crippen molar-refractivity contribution in [3.8, 4) is 95.0 Å². The van der Waals surface area contributed by atoms with Crippen molar-refractivity contribution in [2.24, 2.45) is 0 Å². The van der Waals surface area contributed by atoms with Crippen LogP contribution in [0.1, 0.15) is 0 Å². The first-order chi connectivity index (χ1) is 27.3. The van der Waals surface area contributed by atoms with Crippen molar-refractivity contribution in [2.45, 2.75) is 0 Å². The molecule has 0 fully saturated rings. The summed E-state index contributed by atoms with van der Waals surface area (Å²) in [6.45, 7) is 0. The molecule has 9 aromatic carbocycles. The summed E-state index contributed by atoms with van der Waals surface area (Å²) in [5, 5.41) is 2.66. The Balaban J connectivity index is 0.917. The SMILES string of the molecule is c1cc(-c2ccc(-c3nc4cccc5c4n3-c3ccccc3-c3ccccc3-5)cc2)cc(-c2cccc(-c3ccc4c5c(cccc35)-c3ccccc3-4)c2)c1. The molecule has 2 heterocycles. The average molecular weight is 697 g/mol. The fraction of sp³-hybridized carbons (Fsp3) is 0. The molecule has 0 saturated carbocycles. The van der Waals surface area contributed by atoms with Crippen molar-refractivity contribution in [1.29, 1.82) is 0 Å². The van der Waals surface area contributed by atoms with Gasteiger partial charge in [-0.1, -0.05) is 170 Å². The van der Waals surface area contributed by atoms with Crippen LogP contribution in [0.5, 0.6) is 0 Å². The van der Waals surface area contributed by atoms with Gasteiger partial charge in [-0.25, -0.2) is 4.98 Å². The molecule has 2 nitrogen and oxygen atoms in total. The number of aromatic nitrogens is 2. The monoisotopic (exact) mass is 696 g/mol. The van der Waals surface area contributed by atoms with E-state index in [-0.39, 0.29) is 0 Å². The average Bonchev–Trinajstić information content (AvgIpc) is 3.77. The van der Waals surface area contributed by atoms with E-state index in [1.54, 1.807) is 0 Å². The van der Waals surface area contributed by atoms with E-state index in [1.165, 1.54) is 88.7 Å². The predicted molar refractivity (Wildman–Crippen MR) is 229 cm³/mol. The maximum Gasteiger partial charge on any atom is 0.145 e. The molecule has 0 bridgehead atoms. The van der Waals surface area contributed by atoms with Crippen LogP contribution >= 0.6 is 0 Å². The molecule has 12 rings (SSSR count). The highest BCUT2D eigenvalue weighted by Crippen LogP contribution is 2.50. The van der Waals surface area contributed by atoms with E-state index in [0.717, 1.165) is 28.1 Å². The van der Waals surface area contributed by atoms with Gasteiger partial charge in [0.15, 0.2) is 0 Å². The zero-order valence-electron chi connectivity index (χ0n) is 29.9. The number of hydrogen-bond donors (Lipinski definition) is 0. The van der Waals surface area contributed by atoms with Crippen LogP contribution < -0.4 is 0 Å². The lowest BCUT2D eigenvalue weighted by molar-refractivity contribution is 1.11. The molecule has 0 spiro atoms. The van der Waals surface area contributed by atoms with Crippen molar-refractivity contribution >= 4 is 21.8 Å². The smallest absolute Gasteiger partial charge is 0.145 e. The Morgan fingerprint density at radius 1 is 0.309 bits per heavy atom. The van der Waals surface area contributed by atoms with Crippen LogP contribution in [0.3, 0.4) is 0 Å². The molecule has 1 aliphatic carbocycles. The zero-order chi connectivity index (χ0) is 36.0. The third-order valence-corrected chi connectivity index (χ3v) is 11.7. The van der Waals surface area contributed by atoms with Gasteiger partial charge in [-0.15, -0.1) is 0 Å². The van der Waals surface area contributed by atoms with Gasteiger partial charge in [-0.3, -0.25) is 4.57 Å². The molecule has 1 aliphatic heterocycles. The highest BCUT2D eigenvalue weighted by atomic mass is 15.1. The molecule has 0 N–H and O–H groups in total. The molecule has 1 aromatic heterocycles. The van der Waals surface area contributed by atoms with E-state index in [0.29, 0.717) is 0 Å². The first-order valence-electron chi connectivity index (χ1n) is 19.0. The minimum Gasteiger partial charge on any atom is -0.291 e. The summed E-state index contributed by atoms with van der Waals surface area (Å²) in [4.78, 5) is 5.26. The van der Waals surface area contributed by atoms with E-state index >= 15 is 0 Å². The van der Waals surface area contributed by atoms with E-state index in [1.807, 2.05) is 0 Å². The normalized spacial score (nSPS) is 12.0. The van der Waals surface area contributed by atoms with Gasteiger partial charge in [0, 0.05) is 16.7 Å². The second-order valence-electron chi connectivity index (χ2n) is 14.7. The Morgan fingerprint density at radius 3 is 1.55 bits per heavy atom. The van der Waals surface area contributed by atoms with Crippen LogP contribution in [0.15, 0.2) is 194 Å². The summed E-state index contributed by atoms with van der Waals surface area (Å²) >= 11 is 0. The maximum absolute atomic E-state index is 5.26. The molecule has 0 unspecified atom stereocenters.